The lowest BCUT2D eigenvalue weighted by molar-refractivity contribution is -0.387. The van der Waals surface area contributed by atoms with Gasteiger partial charge in [-0.25, -0.2) is 23.1 Å². The maximum atomic E-state index is 13.6. The van der Waals surface area contributed by atoms with Crippen LogP contribution in [0.4, 0.5) is 11.5 Å². The minimum Gasteiger partial charge on any atom is -0.494 e. The molecule has 0 spiro atoms. The van der Waals surface area contributed by atoms with Crippen molar-refractivity contribution in [1.82, 2.24) is 33.9 Å². The van der Waals surface area contributed by atoms with E-state index in [1.807, 2.05) is 47.0 Å². The standard InChI is InChI=1S/C35H43N9O6S/c1-2-50-29-7-5-6-26(22-29)24-43-34-30(23-38-43)33(36-25-37-34)40-14-16-41(17-15-40)35(45)27-10-12-28(13-11-27)39-18-20-42(21-19-39)51(48,49)32-9-4-3-8-31(32)44(46)47/h3-9,22-23,25,27-28H,2,10-21,24H2,1H3. The summed E-state index contributed by atoms with van der Waals surface area (Å²) in [6.45, 7) is 7.40. The van der Waals surface area contributed by atoms with E-state index >= 15 is 0 Å². The number of ether oxygens (including phenoxy) is 1. The number of para-hydroxylation sites is 1. The van der Waals surface area contributed by atoms with Crippen LogP contribution in [0.2, 0.25) is 0 Å². The van der Waals surface area contributed by atoms with Gasteiger partial charge in [0, 0.05) is 70.4 Å². The molecule has 7 rings (SSSR count). The summed E-state index contributed by atoms with van der Waals surface area (Å²) in [5.41, 5.74) is 1.43. The number of amides is 1. The molecule has 51 heavy (non-hydrogen) atoms. The molecule has 2 aliphatic heterocycles. The number of carbonyl (C=O) groups is 1. The lowest BCUT2D eigenvalue weighted by Gasteiger charge is -2.42. The zero-order valence-corrected chi connectivity index (χ0v) is 29.5. The molecule has 4 aromatic rings. The summed E-state index contributed by atoms with van der Waals surface area (Å²) in [4.78, 5) is 39.8. The van der Waals surface area contributed by atoms with E-state index in [1.165, 1.54) is 28.6 Å². The normalized spacial score (nSPS) is 20.8. The predicted octanol–water partition coefficient (Wildman–Crippen LogP) is 3.40. The van der Waals surface area contributed by atoms with E-state index in [1.54, 1.807) is 6.33 Å². The van der Waals surface area contributed by atoms with Crippen molar-refractivity contribution in [3.05, 3.63) is 76.7 Å². The van der Waals surface area contributed by atoms with E-state index in [9.17, 15) is 23.3 Å². The number of carbonyl (C=O) groups excluding carboxylic acids is 1. The molecule has 16 heteroatoms. The maximum absolute atomic E-state index is 13.6. The first kappa shape index (κ1) is 34.8. The molecule has 0 N–H and O–H groups in total. The average molecular weight is 718 g/mol. The highest BCUT2D eigenvalue weighted by atomic mass is 32.2. The topological polar surface area (TPSA) is 160 Å². The second-order valence-corrected chi connectivity index (χ2v) is 15.2. The monoisotopic (exact) mass is 717 g/mol. The number of fused-ring (bicyclic) bond motifs is 1. The van der Waals surface area contributed by atoms with Gasteiger partial charge >= 0.3 is 0 Å². The third kappa shape index (κ3) is 7.25. The van der Waals surface area contributed by atoms with Gasteiger partial charge in [-0.15, -0.1) is 0 Å². The molecule has 3 aliphatic rings. The molecule has 2 saturated heterocycles. The van der Waals surface area contributed by atoms with Gasteiger partial charge in [-0.05, 0) is 56.4 Å². The summed E-state index contributed by atoms with van der Waals surface area (Å²) in [7, 11) is -3.97. The molecule has 1 saturated carbocycles. The summed E-state index contributed by atoms with van der Waals surface area (Å²) in [6, 6.07) is 13.8. The Kier molecular flexibility index (Phi) is 10.2. The lowest BCUT2D eigenvalue weighted by Crippen LogP contribution is -2.54. The number of piperazine rings is 2. The Balaban J connectivity index is 0.896. The third-order valence-electron chi connectivity index (χ3n) is 10.4. The van der Waals surface area contributed by atoms with E-state index in [0.717, 1.165) is 53.8 Å². The van der Waals surface area contributed by atoms with Gasteiger partial charge in [-0.1, -0.05) is 24.3 Å². The molecule has 3 fully saturated rings. The van der Waals surface area contributed by atoms with Crippen molar-refractivity contribution in [2.75, 3.05) is 63.9 Å². The van der Waals surface area contributed by atoms with Crippen LogP contribution in [0, 0.1) is 16.0 Å². The van der Waals surface area contributed by atoms with Gasteiger partial charge < -0.3 is 14.5 Å². The summed E-state index contributed by atoms with van der Waals surface area (Å²) in [5.74, 6) is 1.85. The van der Waals surface area contributed by atoms with Gasteiger partial charge in [0.05, 0.1) is 29.7 Å². The smallest absolute Gasteiger partial charge is 0.289 e. The number of hydrogen-bond acceptors (Lipinski definition) is 11. The molecule has 270 valence electrons. The SMILES string of the molecule is CCOc1cccc(Cn2ncc3c(N4CCN(C(=O)C5CCC(N6CCN(S(=O)(=O)c7ccccc7[N+](=O)[O-])CC6)CC5)CC4)ncnc32)c1. The number of nitrogens with zero attached hydrogens (tertiary/aromatic N) is 9. The van der Waals surface area contributed by atoms with Crippen LogP contribution in [0.15, 0.2) is 66.0 Å². The van der Waals surface area contributed by atoms with Gasteiger partial charge in [0.25, 0.3) is 5.69 Å². The van der Waals surface area contributed by atoms with Crippen molar-refractivity contribution >= 4 is 38.5 Å². The van der Waals surface area contributed by atoms with Crippen LogP contribution in [0.3, 0.4) is 0 Å². The zero-order valence-electron chi connectivity index (χ0n) is 28.7. The first-order chi connectivity index (χ1) is 24.7. The number of hydrogen-bond donors (Lipinski definition) is 0. The van der Waals surface area contributed by atoms with Crippen LogP contribution in [-0.4, -0.2) is 118 Å². The molecule has 4 heterocycles. The Morgan fingerprint density at radius 2 is 1.69 bits per heavy atom. The Morgan fingerprint density at radius 1 is 0.941 bits per heavy atom. The summed E-state index contributed by atoms with van der Waals surface area (Å²) in [5, 5.41) is 17.0. The fourth-order valence-electron chi connectivity index (χ4n) is 7.68. The molecular weight excluding hydrogens is 675 g/mol. The molecular formula is C35H43N9O6S. The quantitative estimate of drug-likeness (QED) is 0.175. The summed E-state index contributed by atoms with van der Waals surface area (Å²) in [6.07, 6.45) is 6.77. The predicted molar refractivity (Wildman–Crippen MR) is 190 cm³/mol. The summed E-state index contributed by atoms with van der Waals surface area (Å²) >= 11 is 0. The number of aromatic nitrogens is 4. The first-order valence-corrected chi connectivity index (χ1v) is 19.1. The molecule has 1 aliphatic carbocycles. The molecule has 15 nitrogen and oxygen atoms in total. The summed E-state index contributed by atoms with van der Waals surface area (Å²) < 4.78 is 35.4. The highest BCUT2D eigenvalue weighted by Gasteiger charge is 2.37. The first-order valence-electron chi connectivity index (χ1n) is 17.6. The Hall–Kier alpha value is -4.67. The molecule has 2 aromatic heterocycles. The van der Waals surface area contributed by atoms with Crippen LogP contribution in [0.25, 0.3) is 11.0 Å². The van der Waals surface area contributed by atoms with Crippen LogP contribution < -0.4 is 9.64 Å². The van der Waals surface area contributed by atoms with Crippen LogP contribution in [0.1, 0.15) is 38.2 Å². The van der Waals surface area contributed by atoms with Gasteiger partial charge in [0.15, 0.2) is 10.5 Å². The number of anilines is 1. The number of nitro benzene ring substituents is 1. The number of rotatable bonds is 10. The van der Waals surface area contributed by atoms with Crippen LogP contribution in [-0.2, 0) is 21.4 Å². The second-order valence-electron chi connectivity index (χ2n) is 13.3. The number of nitro groups is 1. The van der Waals surface area contributed by atoms with Gasteiger partial charge in [0.1, 0.15) is 17.9 Å². The van der Waals surface area contributed by atoms with Gasteiger partial charge in [0.2, 0.25) is 15.9 Å². The van der Waals surface area contributed by atoms with Crippen molar-refractivity contribution in [1.29, 1.82) is 0 Å². The van der Waals surface area contributed by atoms with Crippen LogP contribution in [0.5, 0.6) is 5.75 Å². The number of benzene rings is 2. The molecule has 0 atom stereocenters. The number of sulfonamides is 1. The van der Waals surface area contributed by atoms with Crippen molar-refractivity contribution in [2.45, 2.75) is 50.1 Å². The molecule has 1 amide bonds. The van der Waals surface area contributed by atoms with E-state index < -0.39 is 20.6 Å². The van der Waals surface area contributed by atoms with Crippen molar-refractivity contribution < 1.29 is 22.9 Å². The fraction of sp³-hybridized carbons (Fsp3) is 0.486. The van der Waals surface area contributed by atoms with Crippen molar-refractivity contribution in [2.24, 2.45) is 5.92 Å². The zero-order chi connectivity index (χ0) is 35.5. The Bertz CT molecular complexity index is 1980. The molecule has 0 bridgehead atoms. The van der Waals surface area contributed by atoms with Crippen LogP contribution >= 0.6 is 0 Å². The Morgan fingerprint density at radius 3 is 2.41 bits per heavy atom. The van der Waals surface area contributed by atoms with E-state index in [-0.39, 0.29) is 35.9 Å². The molecule has 2 aromatic carbocycles. The highest BCUT2D eigenvalue weighted by molar-refractivity contribution is 7.89. The van der Waals surface area contributed by atoms with E-state index in [2.05, 4.69) is 24.9 Å². The van der Waals surface area contributed by atoms with Crippen molar-refractivity contribution in [3.8, 4) is 5.75 Å². The molecule has 0 unspecified atom stereocenters. The highest BCUT2D eigenvalue weighted by Crippen LogP contribution is 2.32. The van der Waals surface area contributed by atoms with Gasteiger partial charge in [-0.2, -0.15) is 9.40 Å². The minimum atomic E-state index is -3.97. The minimum absolute atomic E-state index is 0.0154. The maximum Gasteiger partial charge on any atom is 0.289 e. The fourth-order valence-corrected chi connectivity index (χ4v) is 9.26. The second kappa shape index (κ2) is 14.9. The Labute approximate surface area is 297 Å². The van der Waals surface area contributed by atoms with Gasteiger partial charge in [-0.3, -0.25) is 19.8 Å². The van der Waals surface area contributed by atoms with E-state index in [4.69, 9.17) is 4.74 Å². The largest absolute Gasteiger partial charge is 0.494 e. The lowest BCUT2D eigenvalue weighted by atomic mass is 9.84. The average Bonchev–Trinajstić information content (AvgIpc) is 3.57. The van der Waals surface area contributed by atoms with E-state index in [0.29, 0.717) is 52.4 Å². The molecule has 0 radical (unpaired) electrons. The third-order valence-corrected chi connectivity index (χ3v) is 12.3. The van der Waals surface area contributed by atoms with Crippen molar-refractivity contribution in [3.63, 3.8) is 0 Å².